The number of rotatable bonds is 6. The molecule has 6 nitrogen and oxygen atoms in total. The van der Waals surface area contributed by atoms with E-state index < -0.39 is 0 Å². The molecule has 0 aliphatic heterocycles. The van der Waals surface area contributed by atoms with Gasteiger partial charge in [-0.05, 0) is 46.7 Å². The molecule has 0 aliphatic rings. The number of ether oxygens (including phenoxy) is 1. The van der Waals surface area contributed by atoms with E-state index in [2.05, 4.69) is 43.8 Å². The van der Waals surface area contributed by atoms with Gasteiger partial charge in [0.05, 0.1) is 11.2 Å². The van der Waals surface area contributed by atoms with Crippen LogP contribution < -0.4 is 4.74 Å². The molecule has 1 N–H and O–H groups in total. The van der Waals surface area contributed by atoms with E-state index in [1.807, 2.05) is 78.9 Å². The predicted molar refractivity (Wildman–Crippen MR) is 121 cm³/mol. The number of nitrogens with one attached hydrogen (secondary N) is 1. The van der Waals surface area contributed by atoms with E-state index >= 15 is 0 Å². The third-order valence-electron chi connectivity index (χ3n) is 4.86. The van der Waals surface area contributed by atoms with Gasteiger partial charge >= 0.3 is 0 Å². The second kappa shape index (κ2) is 8.59. The van der Waals surface area contributed by atoms with Gasteiger partial charge in [0.15, 0.2) is 0 Å². The summed E-state index contributed by atoms with van der Waals surface area (Å²) < 4.78 is 5.98. The molecule has 0 amide bonds. The van der Waals surface area contributed by atoms with E-state index in [9.17, 15) is 0 Å². The number of aromatic amines is 1. The molecule has 0 spiro atoms. The highest BCUT2D eigenvalue weighted by Crippen LogP contribution is 2.20. The average Bonchev–Trinajstić information content (AvgIpc) is 3.37. The van der Waals surface area contributed by atoms with Gasteiger partial charge in [-0.25, -0.2) is 4.98 Å². The lowest BCUT2D eigenvalue weighted by Gasteiger charge is -2.07. The van der Waals surface area contributed by atoms with Crippen LogP contribution >= 0.6 is 0 Å². The van der Waals surface area contributed by atoms with Crippen LogP contribution in [-0.4, -0.2) is 25.6 Å². The Kier molecular flexibility index (Phi) is 5.18. The summed E-state index contributed by atoms with van der Waals surface area (Å²) >= 11 is 0. The van der Waals surface area contributed by atoms with E-state index in [0.717, 1.165) is 39.0 Å². The molecule has 31 heavy (non-hydrogen) atoms. The molecule has 0 saturated carbocycles. The third kappa shape index (κ3) is 4.48. The number of tetrazole rings is 1. The Labute approximate surface area is 179 Å². The van der Waals surface area contributed by atoms with Gasteiger partial charge in [0.25, 0.3) is 0 Å². The average molecular weight is 405 g/mol. The van der Waals surface area contributed by atoms with Crippen LogP contribution in [0, 0.1) is 0 Å². The summed E-state index contributed by atoms with van der Waals surface area (Å²) in [6.07, 6.45) is 4.10. The summed E-state index contributed by atoms with van der Waals surface area (Å²) in [7, 11) is 0. The summed E-state index contributed by atoms with van der Waals surface area (Å²) in [4.78, 5) is 4.66. The zero-order valence-electron chi connectivity index (χ0n) is 16.6. The van der Waals surface area contributed by atoms with Crippen LogP contribution in [-0.2, 0) is 6.61 Å². The molecule has 0 atom stereocenters. The highest BCUT2D eigenvalue weighted by atomic mass is 16.5. The van der Waals surface area contributed by atoms with Gasteiger partial charge < -0.3 is 4.74 Å². The molecular formula is C25H19N5O. The fourth-order valence-electron chi connectivity index (χ4n) is 3.31. The molecule has 0 bridgehead atoms. The first-order valence-corrected chi connectivity index (χ1v) is 9.93. The topological polar surface area (TPSA) is 76.6 Å². The quantitative estimate of drug-likeness (QED) is 0.395. The molecule has 0 unspecified atom stereocenters. The van der Waals surface area contributed by atoms with E-state index in [1.165, 1.54) is 0 Å². The zero-order chi connectivity index (χ0) is 20.9. The lowest BCUT2D eigenvalue weighted by atomic mass is 10.1. The standard InChI is InChI=1S/C25H19N5O/c1-2-10-24-20(7-1)13-14-22(26-24)17-31-23-9-4-6-19(16-23)12-11-18-5-3-8-21(15-18)25-27-29-30-28-25/h1-16H,17H2,(H,27,28,29,30). The lowest BCUT2D eigenvalue weighted by molar-refractivity contribution is 0.302. The van der Waals surface area contributed by atoms with Gasteiger partial charge in [-0.2, -0.15) is 5.21 Å². The number of benzene rings is 3. The number of hydrogen-bond acceptors (Lipinski definition) is 5. The molecule has 150 valence electrons. The van der Waals surface area contributed by atoms with Crippen molar-refractivity contribution in [2.24, 2.45) is 0 Å². The molecule has 0 aliphatic carbocycles. The molecule has 0 fully saturated rings. The highest BCUT2D eigenvalue weighted by molar-refractivity contribution is 5.78. The first-order chi connectivity index (χ1) is 15.3. The minimum absolute atomic E-state index is 0.421. The van der Waals surface area contributed by atoms with Crippen LogP contribution in [0.2, 0.25) is 0 Å². The number of H-pyrrole nitrogens is 1. The molecule has 3 aromatic carbocycles. The van der Waals surface area contributed by atoms with Crippen LogP contribution in [0.15, 0.2) is 84.9 Å². The first kappa shape index (κ1) is 18.7. The van der Waals surface area contributed by atoms with E-state index in [4.69, 9.17) is 4.74 Å². The van der Waals surface area contributed by atoms with E-state index in [1.54, 1.807) is 0 Å². The maximum atomic E-state index is 5.98. The SMILES string of the molecule is C(=Cc1cccc(-c2nn[nH]n2)c1)c1cccc(OCc2ccc3ccccc3n2)c1. The highest BCUT2D eigenvalue weighted by Gasteiger charge is 2.03. The minimum Gasteiger partial charge on any atom is -0.487 e. The Bertz CT molecular complexity index is 1350. The summed E-state index contributed by atoms with van der Waals surface area (Å²) in [5, 5.41) is 15.3. The van der Waals surface area contributed by atoms with Crippen molar-refractivity contribution in [2.75, 3.05) is 0 Å². The van der Waals surface area contributed by atoms with Gasteiger partial charge in [0.1, 0.15) is 12.4 Å². The first-order valence-electron chi connectivity index (χ1n) is 9.93. The predicted octanol–water partition coefficient (Wildman–Crippen LogP) is 5.16. The number of fused-ring (bicyclic) bond motifs is 1. The van der Waals surface area contributed by atoms with Crippen molar-refractivity contribution in [3.8, 4) is 17.1 Å². The largest absolute Gasteiger partial charge is 0.487 e. The normalized spacial score (nSPS) is 11.2. The molecule has 0 radical (unpaired) electrons. The summed E-state index contributed by atoms with van der Waals surface area (Å²) in [6.45, 7) is 0.421. The zero-order valence-corrected chi connectivity index (χ0v) is 16.6. The number of pyridine rings is 1. The molecule has 5 aromatic rings. The van der Waals surface area contributed by atoms with Crippen molar-refractivity contribution in [3.05, 3.63) is 102 Å². The number of nitrogens with zero attached hydrogens (tertiary/aromatic N) is 4. The minimum atomic E-state index is 0.421. The monoisotopic (exact) mass is 405 g/mol. The van der Waals surface area contributed by atoms with Crippen molar-refractivity contribution >= 4 is 23.1 Å². The van der Waals surface area contributed by atoms with Gasteiger partial charge in [-0.15, -0.1) is 10.2 Å². The molecule has 6 heteroatoms. The summed E-state index contributed by atoms with van der Waals surface area (Å²) in [5.74, 6) is 1.38. The number of aromatic nitrogens is 5. The molecule has 2 aromatic heterocycles. The molecule has 2 heterocycles. The maximum Gasteiger partial charge on any atom is 0.204 e. The second-order valence-corrected chi connectivity index (χ2v) is 7.05. The van der Waals surface area contributed by atoms with Crippen LogP contribution in [0.3, 0.4) is 0 Å². The van der Waals surface area contributed by atoms with Gasteiger partial charge in [-0.1, -0.05) is 66.7 Å². The van der Waals surface area contributed by atoms with Gasteiger partial charge in [-0.3, -0.25) is 0 Å². The Morgan fingerprint density at radius 1 is 0.806 bits per heavy atom. The van der Waals surface area contributed by atoms with Crippen molar-refractivity contribution in [2.45, 2.75) is 6.61 Å². The molecule has 0 saturated heterocycles. The van der Waals surface area contributed by atoms with Gasteiger partial charge in [0.2, 0.25) is 5.82 Å². The van der Waals surface area contributed by atoms with Gasteiger partial charge in [0, 0.05) is 10.9 Å². The molecule has 5 rings (SSSR count). The lowest BCUT2D eigenvalue weighted by Crippen LogP contribution is -1.98. The number of para-hydroxylation sites is 1. The van der Waals surface area contributed by atoms with E-state index in [-0.39, 0.29) is 0 Å². The van der Waals surface area contributed by atoms with Crippen LogP contribution in [0.1, 0.15) is 16.8 Å². The van der Waals surface area contributed by atoms with Crippen LogP contribution in [0.25, 0.3) is 34.4 Å². The van der Waals surface area contributed by atoms with Crippen LogP contribution in [0.5, 0.6) is 5.75 Å². The Morgan fingerprint density at radius 2 is 1.65 bits per heavy atom. The van der Waals surface area contributed by atoms with Crippen LogP contribution in [0.4, 0.5) is 0 Å². The smallest absolute Gasteiger partial charge is 0.204 e. The molecular weight excluding hydrogens is 386 g/mol. The second-order valence-electron chi connectivity index (χ2n) is 7.05. The van der Waals surface area contributed by atoms with Crippen molar-refractivity contribution in [3.63, 3.8) is 0 Å². The van der Waals surface area contributed by atoms with Crippen molar-refractivity contribution in [1.29, 1.82) is 0 Å². The van der Waals surface area contributed by atoms with Crippen molar-refractivity contribution in [1.82, 2.24) is 25.6 Å². The fraction of sp³-hybridized carbons (Fsp3) is 0.0400. The third-order valence-corrected chi connectivity index (χ3v) is 4.86. The Morgan fingerprint density at radius 3 is 2.52 bits per heavy atom. The summed E-state index contributed by atoms with van der Waals surface area (Å²) in [5.41, 5.74) is 4.89. The fourth-order valence-corrected chi connectivity index (χ4v) is 3.31. The number of hydrogen-bond donors (Lipinski definition) is 1. The Balaban J connectivity index is 1.28. The summed E-state index contributed by atoms with van der Waals surface area (Å²) in [6, 6.07) is 28.1. The maximum absolute atomic E-state index is 5.98. The van der Waals surface area contributed by atoms with Crippen molar-refractivity contribution < 1.29 is 4.74 Å². The Hall–Kier alpha value is -4.32. The van der Waals surface area contributed by atoms with E-state index in [0.29, 0.717) is 12.4 Å².